The van der Waals surface area contributed by atoms with Gasteiger partial charge >= 0.3 is 0 Å². The number of aromatic nitrogens is 3. The van der Waals surface area contributed by atoms with Crippen LogP contribution in [0.25, 0.3) is 22.5 Å². The topological polar surface area (TPSA) is 118 Å². The number of rotatable bonds is 24. The van der Waals surface area contributed by atoms with Crippen LogP contribution in [0.2, 0.25) is 0 Å². The Morgan fingerprint density at radius 3 is 2.39 bits per heavy atom. The number of allylic oxidation sites excluding steroid dienone is 1. The number of benzene rings is 2. The molecule has 10 nitrogen and oxygen atoms in total. The first-order valence-electron chi connectivity index (χ1n) is 22.0. The summed E-state index contributed by atoms with van der Waals surface area (Å²) < 4.78 is 3.75. The van der Waals surface area contributed by atoms with Crippen LogP contribution in [0.1, 0.15) is 103 Å². The Balaban J connectivity index is 1.06. The fourth-order valence-electron chi connectivity index (χ4n) is 8.00. The Bertz CT molecular complexity index is 2320. The van der Waals surface area contributed by atoms with E-state index in [4.69, 9.17) is 5.73 Å². The number of nitrogens with zero attached hydrogens (tertiary/aromatic N) is 5. The molecule has 1 fully saturated rings. The lowest BCUT2D eigenvalue weighted by atomic mass is 9.94. The molecule has 1 saturated heterocycles. The van der Waals surface area contributed by atoms with Crippen LogP contribution in [-0.2, 0) is 20.5 Å². The largest absolute Gasteiger partial charge is 0.387 e. The number of amides is 1. The van der Waals surface area contributed by atoms with Crippen molar-refractivity contribution in [1.29, 1.82) is 0 Å². The van der Waals surface area contributed by atoms with Crippen molar-refractivity contribution in [3.63, 3.8) is 0 Å². The van der Waals surface area contributed by atoms with Gasteiger partial charge in [-0.1, -0.05) is 81.7 Å². The van der Waals surface area contributed by atoms with E-state index in [1.165, 1.54) is 33.4 Å². The minimum atomic E-state index is -0.324. The average molecular weight is 836 g/mol. The van der Waals surface area contributed by atoms with Gasteiger partial charge in [0.25, 0.3) is 5.91 Å². The van der Waals surface area contributed by atoms with Crippen molar-refractivity contribution in [1.82, 2.24) is 29.7 Å². The van der Waals surface area contributed by atoms with E-state index in [2.05, 4.69) is 120 Å². The minimum Gasteiger partial charge on any atom is -0.387 e. The zero-order valence-corrected chi connectivity index (χ0v) is 38.0. The van der Waals surface area contributed by atoms with E-state index in [1.807, 2.05) is 37.4 Å². The maximum atomic E-state index is 13.3. The maximum absolute atomic E-state index is 13.3. The van der Waals surface area contributed by atoms with E-state index in [-0.39, 0.29) is 17.8 Å². The molecular weight excluding hydrogens is 767 g/mol. The van der Waals surface area contributed by atoms with Gasteiger partial charge in [-0.05, 0) is 112 Å². The first-order chi connectivity index (χ1) is 29.7. The van der Waals surface area contributed by atoms with Gasteiger partial charge in [0.2, 0.25) is 5.82 Å². The number of carbonyl (C=O) groups is 1. The zero-order chi connectivity index (χ0) is 44.9. The number of nitrogens with two attached hydrogens (primary N) is 1. The monoisotopic (exact) mass is 836 g/mol. The molecule has 5 N–H and O–H groups in total. The number of aryl methyl sites for hydroxylation is 5. The van der Waals surface area contributed by atoms with Crippen LogP contribution in [0.5, 0.6) is 0 Å². The summed E-state index contributed by atoms with van der Waals surface area (Å²) in [5, 5.41) is 9.83. The Kier molecular flexibility index (Phi) is 16.6. The lowest BCUT2D eigenvalue weighted by molar-refractivity contribution is 0.101. The summed E-state index contributed by atoms with van der Waals surface area (Å²) in [6.07, 6.45) is 15.4. The molecule has 0 bridgehead atoms. The minimum absolute atomic E-state index is 0.245. The number of unbranched alkanes of at least 4 members (excludes halogenated alkanes) is 2. The fraction of sp³-hybridized carbons (Fsp3) is 0.365. The molecule has 2 aromatic carbocycles. The number of hydrogen-bond donors (Lipinski definition) is 4. The Morgan fingerprint density at radius 2 is 1.66 bits per heavy atom. The second kappa shape index (κ2) is 22.0. The molecule has 0 radical (unpaired) electrons. The van der Waals surface area contributed by atoms with Crippen LogP contribution in [0.15, 0.2) is 122 Å². The Morgan fingerprint density at radius 1 is 0.919 bits per heavy atom. The van der Waals surface area contributed by atoms with Crippen molar-refractivity contribution in [3.8, 4) is 11.1 Å². The molecule has 62 heavy (non-hydrogen) atoms. The van der Waals surface area contributed by atoms with Crippen molar-refractivity contribution in [2.24, 2.45) is 24.8 Å². The number of anilines is 1. The predicted molar refractivity (Wildman–Crippen MR) is 262 cm³/mol. The molecule has 328 valence electrons. The van der Waals surface area contributed by atoms with E-state index in [1.54, 1.807) is 17.8 Å². The van der Waals surface area contributed by atoms with Gasteiger partial charge in [-0.2, -0.15) is 0 Å². The third kappa shape index (κ3) is 12.6. The second-order valence-corrected chi connectivity index (χ2v) is 16.8. The van der Waals surface area contributed by atoms with Gasteiger partial charge in [-0.15, -0.1) is 6.58 Å². The van der Waals surface area contributed by atoms with Crippen LogP contribution in [0.3, 0.4) is 0 Å². The van der Waals surface area contributed by atoms with Gasteiger partial charge in [-0.25, -0.2) is 9.98 Å². The highest BCUT2D eigenvalue weighted by atomic mass is 16.2. The molecule has 1 unspecified atom stereocenters. The second-order valence-electron chi connectivity index (χ2n) is 16.8. The van der Waals surface area contributed by atoms with Gasteiger partial charge in [0.15, 0.2) is 5.82 Å². The number of nitrogens with one attached hydrogen (secondary N) is 3. The average Bonchev–Trinajstić information content (AvgIpc) is 3.94. The van der Waals surface area contributed by atoms with Gasteiger partial charge in [-0.3, -0.25) is 4.79 Å². The lowest BCUT2D eigenvalue weighted by Gasteiger charge is -2.28. The van der Waals surface area contributed by atoms with Crippen LogP contribution in [-0.4, -0.2) is 56.4 Å². The summed E-state index contributed by atoms with van der Waals surface area (Å²) in [6.45, 7) is 34.2. The molecule has 0 saturated carbocycles. The van der Waals surface area contributed by atoms with Gasteiger partial charge in [0, 0.05) is 74.6 Å². The smallest absolute Gasteiger partial charge is 0.291 e. The summed E-state index contributed by atoms with van der Waals surface area (Å²) in [6, 6.07) is 14.7. The highest BCUT2D eigenvalue weighted by Gasteiger charge is 2.27. The molecule has 5 rings (SSSR count). The van der Waals surface area contributed by atoms with Crippen molar-refractivity contribution in [2.45, 2.75) is 91.0 Å². The number of imidazole rings is 1. The van der Waals surface area contributed by atoms with E-state index in [0.717, 1.165) is 111 Å². The molecule has 2 aromatic heterocycles. The zero-order valence-electron chi connectivity index (χ0n) is 38.0. The molecule has 1 aliphatic heterocycles. The summed E-state index contributed by atoms with van der Waals surface area (Å²) in [5.41, 5.74) is 20.5. The standard InChI is InChI=1S/C52H69N9O/c1-12-18-39(7)55-31-35(3)19-16-17-26-54-40(8)48-30-44(33-59(48)10)42-22-24-45(25-23-42)56-52(62)51-58-50(34-60(51)11)57-49(53)21-15-14-20-43-28-38(6)47(29-37(43)5)41(9)61-32-36(4)27-46(61)13-2/h13,22-25,28-30,33-34,46,54-55H,2-4,7-9,12,14-21,26-27,31-32H2,1,5-6,10-11H3,(H2,53,57)(H,56,62). The summed E-state index contributed by atoms with van der Waals surface area (Å²) in [4.78, 5) is 24.6. The lowest BCUT2D eigenvalue weighted by Crippen LogP contribution is -2.26. The fourth-order valence-corrected chi connectivity index (χ4v) is 8.00. The summed E-state index contributed by atoms with van der Waals surface area (Å²) >= 11 is 0. The Labute approximate surface area is 370 Å². The summed E-state index contributed by atoms with van der Waals surface area (Å²) in [7, 11) is 3.80. The van der Waals surface area contributed by atoms with Gasteiger partial charge in [0.05, 0.1) is 23.6 Å². The number of hydrogen-bond acceptors (Lipinski definition) is 6. The van der Waals surface area contributed by atoms with E-state index >= 15 is 0 Å². The number of carbonyl (C=O) groups excluding carboxylic acids is 1. The SMILES string of the molecule is C=CC1CC(=C)CN1C(=C)c1cc(C)c(CCCC/C(N)=N\c2cn(C)c(C(=O)Nc3ccc(-c4cc(C(=C)NCCCCC(=C)CNC(=C)CCC)n(C)c4)cc3)n2)cc1C. The number of aliphatic imine (C=N–C) groups is 1. The van der Waals surface area contributed by atoms with Crippen LogP contribution in [0.4, 0.5) is 11.5 Å². The van der Waals surface area contributed by atoms with Crippen molar-refractivity contribution >= 4 is 34.6 Å². The quantitative estimate of drug-likeness (QED) is 0.0242. The number of amidine groups is 1. The maximum Gasteiger partial charge on any atom is 0.291 e. The molecule has 1 atom stereocenters. The first-order valence-corrected chi connectivity index (χ1v) is 22.0. The molecule has 0 aliphatic carbocycles. The molecule has 3 heterocycles. The van der Waals surface area contributed by atoms with Gasteiger partial charge < -0.3 is 35.7 Å². The third-order valence-electron chi connectivity index (χ3n) is 11.6. The van der Waals surface area contributed by atoms with Crippen molar-refractivity contribution < 1.29 is 4.79 Å². The van der Waals surface area contributed by atoms with Crippen molar-refractivity contribution in [2.75, 3.05) is 25.0 Å². The van der Waals surface area contributed by atoms with E-state index < -0.39 is 0 Å². The van der Waals surface area contributed by atoms with Gasteiger partial charge in [0.1, 0.15) is 5.84 Å². The van der Waals surface area contributed by atoms with Crippen molar-refractivity contribution in [3.05, 3.63) is 151 Å². The summed E-state index contributed by atoms with van der Waals surface area (Å²) in [5.74, 6) is 0.831. The molecule has 4 aromatic rings. The van der Waals surface area contributed by atoms with E-state index in [0.29, 0.717) is 23.8 Å². The molecule has 10 heteroatoms. The third-order valence-corrected chi connectivity index (χ3v) is 11.6. The van der Waals surface area contributed by atoms with Crippen LogP contribution in [0, 0.1) is 13.8 Å². The van der Waals surface area contributed by atoms with E-state index in [9.17, 15) is 4.79 Å². The Hall–Kier alpha value is -6.29. The van der Waals surface area contributed by atoms with Crippen LogP contribution >= 0.6 is 0 Å². The predicted octanol–water partition coefficient (Wildman–Crippen LogP) is 10.7. The molecular formula is C52H69N9O. The molecule has 1 aliphatic rings. The highest BCUT2D eigenvalue weighted by Crippen LogP contribution is 2.33. The highest BCUT2D eigenvalue weighted by molar-refractivity contribution is 6.02. The number of likely N-dealkylation sites (tertiary alicyclic amines) is 1. The first kappa shape index (κ1) is 46.8. The molecule has 1 amide bonds. The van der Waals surface area contributed by atoms with Crippen LogP contribution < -0.4 is 21.7 Å². The molecule has 0 spiro atoms. The normalized spacial score (nSPS) is 13.9.